The summed E-state index contributed by atoms with van der Waals surface area (Å²) in [5.74, 6) is 0.934. The zero-order valence-electron chi connectivity index (χ0n) is 7.40. The highest BCUT2D eigenvalue weighted by molar-refractivity contribution is 7.16. The number of nitrogens with two attached hydrogens (primary N) is 1. The maximum absolute atomic E-state index is 8.69. The second kappa shape index (κ2) is 3.77. The minimum Gasteiger partial charge on any atom is -0.395 e. The van der Waals surface area contributed by atoms with Gasteiger partial charge in [-0.1, -0.05) is 0 Å². The Balaban J connectivity index is 2.44. The van der Waals surface area contributed by atoms with Crippen molar-refractivity contribution in [1.82, 2.24) is 9.97 Å². The predicted octanol–water partition coefficient (Wildman–Crippen LogP) is 0.678. The van der Waals surface area contributed by atoms with Crippen LogP contribution in [0.1, 0.15) is 0 Å². The second-order valence-corrected chi connectivity index (χ2v) is 3.61. The standard InChI is InChI=1S/C8H10N4OS/c9-8-11-6(10-2-3-13)5-1-4-14-7(5)12-8/h1,4,13H,2-3H2,(H3,9,10,11,12). The SMILES string of the molecule is Nc1nc(NCCO)c2ccsc2n1. The highest BCUT2D eigenvalue weighted by Gasteiger charge is 2.05. The molecule has 0 bridgehead atoms. The lowest BCUT2D eigenvalue weighted by molar-refractivity contribution is 0.311. The Kier molecular flexibility index (Phi) is 2.47. The number of nitrogens with one attached hydrogen (secondary N) is 1. The van der Waals surface area contributed by atoms with Crippen LogP contribution in [-0.4, -0.2) is 28.2 Å². The maximum atomic E-state index is 8.69. The quantitative estimate of drug-likeness (QED) is 0.693. The van der Waals surface area contributed by atoms with Gasteiger partial charge in [0.25, 0.3) is 0 Å². The molecule has 0 unspecified atom stereocenters. The Labute approximate surface area is 84.6 Å². The number of rotatable bonds is 3. The molecule has 2 rings (SSSR count). The van der Waals surface area contributed by atoms with Gasteiger partial charge < -0.3 is 16.2 Å². The van der Waals surface area contributed by atoms with Crippen molar-refractivity contribution in [3.8, 4) is 0 Å². The Hall–Kier alpha value is -1.40. The molecule has 5 nitrogen and oxygen atoms in total. The summed E-state index contributed by atoms with van der Waals surface area (Å²) in [6.45, 7) is 0.525. The second-order valence-electron chi connectivity index (χ2n) is 2.72. The summed E-state index contributed by atoms with van der Waals surface area (Å²) < 4.78 is 0. The van der Waals surface area contributed by atoms with Crippen molar-refractivity contribution in [2.45, 2.75) is 0 Å². The van der Waals surface area contributed by atoms with Crippen LogP contribution in [0, 0.1) is 0 Å². The molecular weight excluding hydrogens is 200 g/mol. The van der Waals surface area contributed by atoms with E-state index < -0.39 is 0 Å². The summed E-state index contributed by atoms with van der Waals surface area (Å²) in [5.41, 5.74) is 5.54. The smallest absolute Gasteiger partial charge is 0.223 e. The van der Waals surface area contributed by atoms with Crippen LogP contribution < -0.4 is 11.1 Å². The first-order chi connectivity index (χ1) is 6.81. The highest BCUT2D eigenvalue weighted by Crippen LogP contribution is 2.25. The lowest BCUT2D eigenvalue weighted by atomic mass is 10.4. The van der Waals surface area contributed by atoms with E-state index in [4.69, 9.17) is 10.8 Å². The van der Waals surface area contributed by atoms with Crippen LogP contribution in [0.4, 0.5) is 11.8 Å². The highest BCUT2D eigenvalue weighted by atomic mass is 32.1. The van der Waals surface area contributed by atoms with E-state index in [9.17, 15) is 0 Å². The van der Waals surface area contributed by atoms with Crippen LogP contribution in [-0.2, 0) is 0 Å². The van der Waals surface area contributed by atoms with Gasteiger partial charge in [-0.3, -0.25) is 0 Å². The molecule has 6 heteroatoms. The number of aliphatic hydroxyl groups excluding tert-OH is 1. The van der Waals surface area contributed by atoms with Crippen molar-refractivity contribution < 1.29 is 5.11 Å². The monoisotopic (exact) mass is 210 g/mol. The maximum Gasteiger partial charge on any atom is 0.223 e. The van der Waals surface area contributed by atoms with Gasteiger partial charge in [-0.05, 0) is 11.4 Å². The van der Waals surface area contributed by atoms with Crippen molar-refractivity contribution in [2.75, 3.05) is 24.2 Å². The largest absolute Gasteiger partial charge is 0.395 e. The lowest BCUT2D eigenvalue weighted by Gasteiger charge is -2.04. The Morgan fingerprint density at radius 3 is 3.14 bits per heavy atom. The molecule has 14 heavy (non-hydrogen) atoms. The first-order valence-corrected chi connectivity index (χ1v) is 5.04. The summed E-state index contributed by atoms with van der Waals surface area (Å²) in [5, 5.41) is 14.6. The zero-order valence-corrected chi connectivity index (χ0v) is 8.21. The molecule has 0 spiro atoms. The summed E-state index contributed by atoms with van der Waals surface area (Å²) >= 11 is 1.52. The average molecular weight is 210 g/mol. The third-order valence-corrected chi connectivity index (χ3v) is 2.55. The van der Waals surface area contributed by atoms with Gasteiger partial charge >= 0.3 is 0 Å². The van der Waals surface area contributed by atoms with Crippen LogP contribution in [0.2, 0.25) is 0 Å². The summed E-state index contributed by atoms with van der Waals surface area (Å²) in [6.07, 6.45) is 0. The Bertz CT molecular complexity index is 442. The molecule has 2 aromatic rings. The number of nitrogens with zero attached hydrogens (tertiary/aromatic N) is 2. The van der Waals surface area contributed by atoms with E-state index >= 15 is 0 Å². The van der Waals surface area contributed by atoms with Crippen molar-refractivity contribution >= 4 is 33.3 Å². The van der Waals surface area contributed by atoms with Crippen LogP contribution in [0.25, 0.3) is 10.2 Å². The molecule has 0 atom stereocenters. The summed E-state index contributed by atoms with van der Waals surface area (Å²) in [6, 6.07) is 1.93. The number of hydrogen-bond donors (Lipinski definition) is 3. The Morgan fingerprint density at radius 2 is 2.36 bits per heavy atom. The van der Waals surface area contributed by atoms with Crippen molar-refractivity contribution in [2.24, 2.45) is 0 Å². The van der Waals surface area contributed by atoms with E-state index in [1.807, 2.05) is 11.4 Å². The fourth-order valence-corrected chi connectivity index (χ4v) is 1.95. The first-order valence-electron chi connectivity index (χ1n) is 4.16. The number of hydrogen-bond acceptors (Lipinski definition) is 6. The normalized spacial score (nSPS) is 10.6. The van der Waals surface area contributed by atoms with Crippen LogP contribution >= 0.6 is 11.3 Å². The molecule has 0 saturated heterocycles. The minimum atomic E-state index is 0.0650. The fourth-order valence-electron chi connectivity index (χ4n) is 1.18. The van der Waals surface area contributed by atoms with Gasteiger partial charge in [-0.15, -0.1) is 11.3 Å². The zero-order chi connectivity index (χ0) is 9.97. The van der Waals surface area contributed by atoms with E-state index in [2.05, 4.69) is 15.3 Å². The fraction of sp³-hybridized carbons (Fsp3) is 0.250. The van der Waals surface area contributed by atoms with Crippen LogP contribution in [0.5, 0.6) is 0 Å². The van der Waals surface area contributed by atoms with Crippen molar-refractivity contribution in [3.05, 3.63) is 11.4 Å². The summed E-state index contributed by atoms with van der Waals surface area (Å²) in [7, 11) is 0. The number of anilines is 2. The molecule has 74 valence electrons. The lowest BCUT2D eigenvalue weighted by Crippen LogP contribution is -2.08. The number of aliphatic hydroxyl groups is 1. The Morgan fingerprint density at radius 1 is 1.50 bits per heavy atom. The molecule has 0 aliphatic heterocycles. The number of fused-ring (bicyclic) bond motifs is 1. The van der Waals surface area contributed by atoms with E-state index in [-0.39, 0.29) is 12.6 Å². The van der Waals surface area contributed by atoms with Gasteiger partial charge in [0.15, 0.2) is 0 Å². The van der Waals surface area contributed by atoms with Gasteiger partial charge in [0.2, 0.25) is 5.95 Å². The molecular formula is C8H10N4OS. The van der Waals surface area contributed by atoms with Crippen molar-refractivity contribution in [3.63, 3.8) is 0 Å². The van der Waals surface area contributed by atoms with Crippen LogP contribution in [0.15, 0.2) is 11.4 Å². The molecule has 0 saturated carbocycles. The number of aromatic nitrogens is 2. The minimum absolute atomic E-state index is 0.0650. The number of thiophene rings is 1. The van der Waals surface area contributed by atoms with E-state index in [1.165, 1.54) is 11.3 Å². The average Bonchev–Trinajstić information content (AvgIpc) is 2.61. The van der Waals surface area contributed by atoms with Gasteiger partial charge in [0.1, 0.15) is 10.6 Å². The summed E-state index contributed by atoms with van der Waals surface area (Å²) in [4.78, 5) is 9.01. The topological polar surface area (TPSA) is 84.1 Å². The van der Waals surface area contributed by atoms with Crippen molar-refractivity contribution in [1.29, 1.82) is 0 Å². The van der Waals surface area contributed by atoms with Gasteiger partial charge in [-0.2, -0.15) is 4.98 Å². The van der Waals surface area contributed by atoms with E-state index in [0.717, 1.165) is 10.2 Å². The molecule has 2 aromatic heterocycles. The van der Waals surface area contributed by atoms with Gasteiger partial charge in [0.05, 0.1) is 12.0 Å². The molecule has 4 N–H and O–H groups in total. The first kappa shape index (κ1) is 9.17. The molecule has 0 fully saturated rings. The molecule has 0 amide bonds. The molecule has 0 aromatic carbocycles. The predicted molar refractivity (Wildman–Crippen MR) is 57.4 cm³/mol. The van der Waals surface area contributed by atoms with Gasteiger partial charge in [0, 0.05) is 6.54 Å². The van der Waals surface area contributed by atoms with E-state index in [0.29, 0.717) is 12.4 Å². The molecule has 0 radical (unpaired) electrons. The molecule has 0 aliphatic carbocycles. The molecule has 2 heterocycles. The number of nitrogen functional groups attached to an aromatic ring is 1. The molecule has 0 aliphatic rings. The third-order valence-electron chi connectivity index (χ3n) is 1.75. The van der Waals surface area contributed by atoms with Crippen LogP contribution in [0.3, 0.4) is 0 Å². The van der Waals surface area contributed by atoms with Gasteiger partial charge in [-0.25, -0.2) is 4.98 Å². The van der Waals surface area contributed by atoms with E-state index in [1.54, 1.807) is 0 Å². The third kappa shape index (κ3) is 1.61.